The Kier molecular flexibility index (Phi) is 9.34. The van der Waals surface area contributed by atoms with Crippen LogP contribution in [0.5, 0.6) is 5.75 Å². The molecular formula is C20H25ClF3NO7. The Hall–Kier alpha value is -2.53. The number of esters is 2. The molecule has 8 nitrogen and oxygen atoms in total. The Balaban J connectivity index is 3.16. The number of halogens is 4. The van der Waals surface area contributed by atoms with Crippen molar-refractivity contribution < 1.29 is 46.9 Å². The summed E-state index contributed by atoms with van der Waals surface area (Å²) in [5, 5.41) is 12.9. The van der Waals surface area contributed by atoms with E-state index in [0.717, 1.165) is 7.11 Å². The molecule has 0 heterocycles. The van der Waals surface area contributed by atoms with Crippen molar-refractivity contribution in [2.45, 2.75) is 57.0 Å². The molecule has 0 bridgehead atoms. The first-order valence-electron chi connectivity index (χ1n) is 9.33. The fourth-order valence-corrected chi connectivity index (χ4v) is 2.58. The van der Waals surface area contributed by atoms with Gasteiger partial charge in [-0.1, -0.05) is 11.6 Å². The van der Waals surface area contributed by atoms with Gasteiger partial charge in [0.1, 0.15) is 29.6 Å². The standard InChI is InChI=1S/C20H25ClF3NO7/c1-18(2,3)32-16(27)14(25-17(28)20(22,23)24)9-19(29,10-15(26)30-4)11-31-13-7-5-12(21)6-8-13/h5-8,14,29H,9-11H2,1-4H3,(H,25,28). The van der Waals surface area contributed by atoms with Crippen molar-refractivity contribution in [2.24, 2.45) is 0 Å². The van der Waals surface area contributed by atoms with Crippen molar-refractivity contribution in [3.63, 3.8) is 0 Å². The molecular weight excluding hydrogens is 459 g/mol. The number of benzene rings is 1. The zero-order valence-electron chi connectivity index (χ0n) is 17.9. The van der Waals surface area contributed by atoms with Gasteiger partial charge in [-0.05, 0) is 45.0 Å². The number of rotatable bonds is 9. The number of carbonyl (C=O) groups excluding carboxylic acids is 3. The molecule has 0 aliphatic rings. The number of alkyl halides is 3. The minimum absolute atomic E-state index is 0.228. The largest absolute Gasteiger partial charge is 0.491 e. The Morgan fingerprint density at radius 3 is 2.16 bits per heavy atom. The van der Waals surface area contributed by atoms with Crippen LogP contribution in [0, 0.1) is 0 Å². The maximum Gasteiger partial charge on any atom is 0.471 e. The van der Waals surface area contributed by atoms with Crippen LogP contribution >= 0.6 is 11.6 Å². The molecule has 1 amide bonds. The maximum atomic E-state index is 12.8. The second kappa shape index (κ2) is 10.9. The predicted molar refractivity (Wildman–Crippen MR) is 107 cm³/mol. The van der Waals surface area contributed by atoms with Gasteiger partial charge in [0, 0.05) is 11.4 Å². The summed E-state index contributed by atoms with van der Waals surface area (Å²) >= 11 is 5.78. The first-order chi connectivity index (χ1) is 14.5. The normalized spacial score (nSPS) is 14.7. The number of amides is 1. The molecule has 2 atom stereocenters. The summed E-state index contributed by atoms with van der Waals surface area (Å²) in [5.74, 6) is -4.33. The van der Waals surface area contributed by atoms with Crippen LogP contribution in [-0.2, 0) is 23.9 Å². The van der Waals surface area contributed by atoms with E-state index in [1.54, 1.807) is 0 Å². The van der Waals surface area contributed by atoms with E-state index in [1.165, 1.54) is 50.4 Å². The van der Waals surface area contributed by atoms with Crippen LogP contribution in [0.1, 0.15) is 33.6 Å². The maximum absolute atomic E-state index is 12.8. The first kappa shape index (κ1) is 27.5. The highest BCUT2D eigenvalue weighted by molar-refractivity contribution is 6.30. The molecule has 2 unspecified atom stereocenters. The molecule has 12 heteroatoms. The van der Waals surface area contributed by atoms with E-state index < -0.39 is 60.7 Å². The first-order valence-corrected chi connectivity index (χ1v) is 9.70. The summed E-state index contributed by atoms with van der Waals surface area (Å²) in [6, 6.07) is 3.95. The Morgan fingerprint density at radius 1 is 1.12 bits per heavy atom. The van der Waals surface area contributed by atoms with Crippen molar-refractivity contribution in [1.29, 1.82) is 0 Å². The van der Waals surface area contributed by atoms with Crippen LogP contribution in [-0.4, -0.2) is 60.1 Å². The number of hydrogen-bond acceptors (Lipinski definition) is 7. The molecule has 0 aliphatic heterocycles. The summed E-state index contributed by atoms with van der Waals surface area (Å²) in [7, 11) is 1.04. The van der Waals surface area contributed by atoms with Crippen LogP contribution in [0.3, 0.4) is 0 Å². The number of carbonyl (C=O) groups is 3. The molecule has 1 aromatic rings. The molecule has 0 saturated carbocycles. The molecule has 1 rings (SSSR count). The molecule has 0 aliphatic carbocycles. The minimum Gasteiger partial charge on any atom is -0.491 e. The average molecular weight is 484 g/mol. The lowest BCUT2D eigenvalue weighted by Gasteiger charge is -2.32. The average Bonchev–Trinajstić information content (AvgIpc) is 2.64. The SMILES string of the molecule is COC(=O)CC(O)(COc1ccc(Cl)cc1)CC(NC(=O)C(F)(F)F)C(=O)OC(C)(C)C. The van der Waals surface area contributed by atoms with Gasteiger partial charge in [0.05, 0.1) is 13.5 Å². The predicted octanol–water partition coefficient (Wildman–Crippen LogP) is 2.79. The van der Waals surface area contributed by atoms with Gasteiger partial charge >= 0.3 is 24.0 Å². The van der Waals surface area contributed by atoms with Gasteiger partial charge in [0.15, 0.2) is 0 Å². The van der Waals surface area contributed by atoms with Crippen LogP contribution in [0.2, 0.25) is 5.02 Å². The molecule has 0 radical (unpaired) electrons. The molecule has 0 saturated heterocycles. The van der Waals surface area contributed by atoms with Gasteiger partial charge < -0.3 is 24.6 Å². The molecule has 32 heavy (non-hydrogen) atoms. The van der Waals surface area contributed by atoms with Crippen molar-refractivity contribution >= 4 is 29.4 Å². The lowest BCUT2D eigenvalue weighted by molar-refractivity contribution is -0.178. The van der Waals surface area contributed by atoms with Crippen molar-refractivity contribution in [3.8, 4) is 5.75 Å². The molecule has 0 fully saturated rings. The summed E-state index contributed by atoms with van der Waals surface area (Å²) in [4.78, 5) is 35.7. The molecule has 0 spiro atoms. The lowest BCUT2D eigenvalue weighted by atomic mass is 9.91. The third kappa shape index (κ3) is 9.73. The highest BCUT2D eigenvalue weighted by Gasteiger charge is 2.44. The van der Waals surface area contributed by atoms with E-state index in [-0.39, 0.29) is 5.75 Å². The van der Waals surface area contributed by atoms with E-state index in [9.17, 15) is 32.7 Å². The summed E-state index contributed by atoms with van der Waals surface area (Å²) in [6.07, 6.45) is -6.86. The summed E-state index contributed by atoms with van der Waals surface area (Å²) < 4.78 is 53.3. The van der Waals surface area contributed by atoms with Crippen LogP contribution in [0.25, 0.3) is 0 Å². The van der Waals surface area contributed by atoms with Gasteiger partial charge in [-0.2, -0.15) is 13.2 Å². The number of hydrogen-bond donors (Lipinski definition) is 2. The van der Waals surface area contributed by atoms with E-state index in [4.69, 9.17) is 21.1 Å². The van der Waals surface area contributed by atoms with E-state index in [2.05, 4.69) is 4.74 Å². The van der Waals surface area contributed by atoms with E-state index in [1.807, 2.05) is 0 Å². The van der Waals surface area contributed by atoms with Crippen LogP contribution in [0.15, 0.2) is 24.3 Å². The van der Waals surface area contributed by atoms with E-state index >= 15 is 0 Å². The zero-order valence-corrected chi connectivity index (χ0v) is 18.7. The Labute approximate surface area is 188 Å². The highest BCUT2D eigenvalue weighted by Crippen LogP contribution is 2.25. The van der Waals surface area contributed by atoms with Crippen molar-refractivity contribution in [2.75, 3.05) is 13.7 Å². The topological polar surface area (TPSA) is 111 Å². The summed E-state index contributed by atoms with van der Waals surface area (Å²) in [6.45, 7) is 3.79. The van der Waals surface area contributed by atoms with Gasteiger partial charge in [0.2, 0.25) is 0 Å². The number of nitrogens with one attached hydrogen (secondary N) is 1. The monoisotopic (exact) mass is 483 g/mol. The van der Waals surface area contributed by atoms with Crippen molar-refractivity contribution in [1.82, 2.24) is 5.32 Å². The minimum atomic E-state index is -5.29. The fourth-order valence-electron chi connectivity index (χ4n) is 2.46. The lowest BCUT2D eigenvalue weighted by Crippen LogP contribution is -2.53. The summed E-state index contributed by atoms with van der Waals surface area (Å²) in [5.41, 5.74) is -3.30. The number of aliphatic hydroxyl groups is 1. The number of methoxy groups -OCH3 is 1. The Bertz CT molecular complexity index is 809. The quantitative estimate of drug-likeness (QED) is 0.519. The van der Waals surface area contributed by atoms with Gasteiger partial charge in [-0.15, -0.1) is 0 Å². The Morgan fingerprint density at radius 2 is 1.69 bits per heavy atom. The van der Waals surface area contributed by atoms with Gasteiger partial charge in [-0.25, -0.2) is 4.79 Å². The van der Waals surface area contributed by atoms with Crippen molar-refractivity contribution in [3.05, 3.63) is 29.3 Å². The van der Waals surface area contributed by atoms with Gasteiger partial charge in [0.25, 0.3) is 0 Å². The molecule has 2 N–H and O–H groups in total. The second-order valence-corrected chi connectivity index (χ2v) is 8.42. The third-order valence-corrected chi connectivity index (χ3v) is 4.11. The third-order valence-electron chi connectivity index (χ3n) is 3.86. The molecule has 0 aromatic heterocycles. The smallest absolute Gasteiger partial charge is 0.471 e. The van der Waals surface area contributed by atoms with E-state index in [0.29, 0.717) is 5.02 Å². The highest BCUT2D eigenvalue weighted by atomic mass is 35.5. The second-order valence-electron chi connectivity index (χ2n) is 7.98. The van der Waals surface area contributed by atoms with Gasteiger partial charge in [-0.3, -0.25) is 9.59 Å². The molecule has 180 valence electrons. The molecule has 1 aromatic carbocycles. The number of ether oxygens (including phenoxy) is 3. The zero-order chi connectivity index (χ0) is 24.7. The van der Waals surface area contributed by atoms with Crippen LogP contribution in [0.4, 0.5) is 13.2 Å². The fraction of sp³-hybridized carbons (Fsp3) is 0.550. The van der Waals surface area contributed by atoms with Crippen LogP contribution < -0.4 is 10.1 Å².